The molecule has 0 aliphatic carbocycles. The summed E-state index contributed by atoms with van der Waals surface area (Å²) in [5.74, 6) is 1.18. The number of carbonyl (C=O) groups is 1. The molecule has 0 aromatic carbocycles. The molecule has 3 rings (SSSR count). The number of hydrogen-bond donors (Lipinski definition) is 0. The highest BCUT2D eigenvalue weighted by Crippen LogP contribution is 2.29. The zero-order chi connectivity index (χ0) is 17.3. The van der Waals surface area contributed by atoms with E-state index < -0.39 is 5.60 Å². The Morgan fingerprint density at radius 1 is 1.46 bits per heavy atom. The third-order valence-corrected chi connectivity index (χ3v) is 4.61. The molecule has 1 atom stereocenters. The van der Waals surface area contributed by atoms with Crippen LogP contribution in [0, 0.1) is 6.92 Å². The first-order chi connectivity index (χ1) is 11.3. The number of amides is 1. The van der Waals surface area contributed by atoms with Crippen molar-refractivity contribution in [2.45, 2.75) is 52.1 Å². The summed E-state index contributed by atoms with van der Waals surface area (Å²) < 4.78 is 10.9. The third kappa shape index (κ3) is 3.92. The summed E-state index contributed by atoms with van der Waals surface area (Å²) in [6.07, 6.45) is 3.27. The zero-order valence-electron chi connectivity index (χ0n) is 14.4. The largest absolute Gasteiger partial charge is 0.444 e. The van der Waals surface area contributed by atoms with Crippen molar-refractivity contribution >= 4 is 17.4 Å². The van der Waals surface area contributed by atoms with Crippen LogP contribution in [0.15, 0.2) is 10.7 Å². The lowest BCUT2D eigenvalue weighted by atomic mass is 9.98. The van der Waals surface area contributed by atoms with Gasteiger partial charge in [-0.15, -0.1) is 11.3 Å². The van der Waals surface area contributed by atoms with E-state index in [0.717, 1.165) is 22.7 Å². The average molecular weight is 350 g/mol. The number of ether oxygens (including phenoxy) is 1. The standard InChI is InChI=1S/C16H22N4O3S/c1-10-17-8-12(24-10)13-18-14(23-19-13)11-6-5-7-20(9-11)15(21)22-16(2,3)4/h8,11H,5-7,9H2,1-4H3. The Balaban J connectivity index is 1.69. The van der Waals surface area contributed by atoms with Crippen molar-refractivity contribution in [2.24, 2.45) is 0 Å². The van der Waals surface area contributed by atoms with Crippen molar-refractivity contribution in [3.63, 3.8) is 0 Å². The van der Waals surface area contributed by atoms with Crippen LogP contribution in [0.25, 0.3) is 10.7 Å². The summed E-state index contributed by atoms with van der Waals surface area (Å²) >= 11 is 1.53. The molecule has 1 aliphatic rings. The fourth-order valence-corrected chi connectivity index (χ4v) is 3.34. The van der Waals surface area contributed by atoms with E-state index in [0.29, 0.717) is 24.8 Å². The number of piperidine rings is 1. The number of thiazole rings is 1. The highest BCUT2D eigenvalue weighted by molar-refractivity contribution is 7.14. The van der Waals surface area contributed by atoms with Crippen LogP contribution < -0.4 is 0 Å². The van der Waals surface area contributed by atoms with Gasteiger partial charge < -0.3 is 14.2 Å². The summed E-state index contributed by atoms with van der Waals surface area (Å²) in [4.78, 5) is 23.6. The molecular weight excluding hydrogens is 328 g/mol. The number of hydrogen-bond acceptors (Lipinski definition) is 7. The predicted octanol–water partition coefficient (Wildman–Crippen LogP) is 3.62. The molecule has 2 aromatic rings. The van der Waals surface area contributed by atoms with E-state index in [1.807, 2.05) is 27.7 Å². The van der Waals surface area contributed by atoms with Crippen LogP contribution in [0.4, 0.5) is 4.79 Å². The summed E-state index contributed by atoms with van der Waals surface area (Å²) in [6, 6.07) is 0. The molecule has 2 aromatic heterocycles. The van der Waals surface area contributed by atoms with Gasteiger partial charge in [-0.1, -0.05) is 5.16 Å². The van der Waals surface area contributed by atoms with Gasteiger partial charge in [-0.3, -0.25) is 0 Å². The molecule has 1 saturated heterocycles. The minimum atomic E-state index is -0.494. The average Bonchev–Trinajstić information content (AvgIpc) is 3.14. The molecule has 1 aliphatic heterocycles. The van der Waals surface area contributed by atoms with Crippen LogP contribution in [-0.2, 0) is 4.74 Å². The highest BCUT2D eigenvalue weighted by Gasteiger charge is 2.31. The van der Waals surface area contributed by atoms with E-state index in [4.69, 9.17) is 9.26 Å². The van der Waals surface area contributed by atoms with E-state index in [9.17, 15) is 4.79 Å². The molecule has 7 nitrogen and oxygen atoms in total. The van der Waals surface area contributed by atoms with Crippen molar-refractivity contribution in [3.8, 4) is 10.7 Å². The van der Waals surface area contributed by atoms with E-state index in [1.54, 1.807) is 11.1 Å². The Bertz CT molecular complexity index is 719. The van der Waals surface area contributed by atoms with Crippen molar-refractivity contribution in [3.05, 3.63) is 17.1 Å². The molecule has 3 heterocycles. The molecule has 1 fully saturated rings. The highest BCUT2D eigenvalue weighted by atomic mass is 32.1. The molecule has 0 bridgehead atoms. The SMILES string of the molecule is Cc1ncc(-c2noc(C3CCCN(C(=O)OC(C)(C)C)C3)n2)s1. The maximum Gasteiger partial charge on any atom is 0.410 e. The Morgan fingerprint density at radius 3 is 2.92 bits per heavy atom. The smallest absolute Gasteiger partial charge is 0.410 e. The molecule has 0 saturated carbocycles. The number of nitrogens with zero attached hydrogens (tertiary/aromatic N) is 4. The Morgan fingerprint density at radius 2 is 2.25 bits per heavy atom. The van der Waals surface area contributed by atoms with Gasteiger partial charge in [0.1, 0.15) is 5.60 Å². The van der Waals surface area contributed by atoms with E-state index in [-0.39, 0.29) is 12.0 Å². The van der Waals surface area contributed by atoms with Crippen LogP contribution in [0.2, 0.25) is 0 Å². The van der Waals surface area contributed by atoms with Gasteiger partial charge >= 0.3 is 6.09 Å². The molecule has 1 unspecified atom stereocenters. The van der Waals surface area contributed by atoms with Gasteiger partial charge in [0.25, 0.3) is 0 Å². The summed E-state index contributed by atoms with van der Waals surface area (Å²) in [7, 11) is 0. The van der Waals surface area contributed by atoms with Crippen molar-refractivity contribution in [1.82, 2.24) is 20.0 Å². The second-order valence-electron chi connectivity index (χ2n) is 6.97. The number of aromatic nitrogens is 3. The normalized spacial score (nSPS) is 18.7. The predicted molar refractivity (Wildman–Crippen MR) is 89.9 cm³/mol. The monoisotopic (exact) mass is 350 g/mol. The molecule has 1 amide bonds. The quantitative estimate of drug-likeness (QED) is 0.823. The molecule has 24 heavy (non-hydrogen) atoms. The lowest BCUT2D eigenvalue weighted by Gasteiger charge is -2.32. The lowest BCUT2D eigenvalue weighted by Crippen LogP contribution is -2.42. The Kier molecular flexibility index (Phi) is 4.58. The van der Waals surface area contributed by atoms with Crippen molar-refractivity contribution in [2.75, 3.05) is 13.1 Å². The van der Waals surface area contributed by atoms with Gasteiger partial charge in [0.05, 0.1) is 15.8 Å². The lowest BCUT2D eigenvalue weighted by molar-refractivity contribution is 0.0189. The van der Waals surface area contributed by atoms with E-state index >= 15 is 0 Å². The molecule has 0 N–H and O–H groups in total. The second kappa shape index (κ2) is 6.51. The first-order valence-electron chi connectivity index (χ1n) is 8.06. The minimum Gasteiger partial charge on any atom is -0.444 e. The third-order valence-electron chi connectivity index (χ3n) is 3.71. The van der Waals surface area contributed by atoms with Gasteiger partial charge in [0.2, 0.25) is 11.7 Å². The molecular formula is C16H22N4O3S. The fourth-order valence-electron chi connectivity index (χ4n) is 2.64. The van der Waals surface area contributed by atoms with Crippen LogP contribution in [-0.4, -0.2) is 44.8 Å². The number of likely N-dealkylation sites (tertiary alicyclic amines) is 1. The van der Waals surface area contributed by atoms with Gasteiger partial charge in [-0.25, -0.2) is 9.78 Å². The number of rotatable bonds is 2. The summed E-state index contributed by atoms with van der Waals surface area (Å²) in [5, 5.41) is 5.02. The zero-order valence-corrected chi connectivity index (χ0v) is 15.2. The van der Waals surface area contributed by atoms with Crippen LogP contribution >= 0.6 is 11.3 Å². The first-order valence-corrected chi connectivity index (χ1v) is 8.88. The Hall–Kier alpha value is -1.96. The van der Waals surface area contributed by atoms with E-state index in [1.165, 1.54) is 11.3 Å². The van der Waals surface area contributed by atoms with Gasteiger partial charge in [-0.2, -0.15) is 4.98 Å². The topological polar surface area (TPSA) is 81.4 Å². The first kappa shape index (κ1) is 16.9. The molecule has 8 heteroatoms. The maximum absolute atomic E-state index is 12.3. The van der Waals surface area contributed by atoms with Crippen molar-refractivity contribution in [1.29, 1.82) is 0 Å². The van der Waals surface area contributed by atoms with E-state index in [2.05, 4.69) is 15.1 Å². The number of aryl methyl sites for hydroxylation is 1. The van der Waals surface area contributed by atoms with Crippen LogP contribution in [0.1, 0.15) is 50.4 Å². The molecule has 130 valence electrons. The van der Waals surface area contributed by atoms with Gasteiger partial charge in [0.15, 0.2) is 0 Å². The van der Waals surface area contributed by atoms with Crippen LogP contribution in [0.5, 0.6) is 0 Å². The summed E-state index contributed by atoms with van der Waals surface area (Å²) in [6.45, 7) is 8.78. The second-order valence-corrected chi connectivity index (χ2v) is 8.20. The van der Waals surface area contributed by atoms with Gasteiger partial charge in [0, 0.05) is 19.3 Å². The van der Waals surface area contributed by atoms with Crippen LogP contribution in [0.3, 0.4) is 0 Å². The number of carbonyl (C=O) groups excluding carboxylic acids is 1. The van der Waals surface area contributed by atoms with Crippen molar-refractivity contribution < 1.29 is 14.1 Å². The maximum atomic E-state index is 12.3. The molecule has 0 spiro atoms. The minimum absolute atomic E-state index is 0.0431. The summed E-state index contributed by atoms with van der Waals surface area (Å²) in [5.41, 5.74) is -0.494. The fraction of sp³-hybridized carbons (Fsp3) is 0.625. The Labute approximate surface area is 145 Å². The molecule has 0 radical (unpaired) electrons. The van der Waals surface area contributed by atoms with Gasteiger partial charge in [-0.05, 0) is 40.5 Å².